The molecule has 2 aliphatic heterocycles. The summed E-state index contributed by atoms with van der Waals surface area (Å²) in [6, 6.07) is 15.6. The van der Waals surface area contributed by atoms with Gasteiger partial charge in [0.25, 0.3) is 0 Å². The Morgan fingerprint density at radius 1 is 1.02 bits per heavy atom. The molecule has 0 bridgehead atoms. The number of benzene rings is 2. The molecule has 1 aliphatic carbocycles. The summed E-state index contributed by atoms with van der Waals surface area (Å²) >= 11 is 0. The summed E-state index contributed by atoms with van der Waals surface area (Å²) in [5, 5.41) is 27.7. The van der Waals surface area contributed by atoms with Crippen LogP contribution >= 0.6 is 0 Å². The number of fused-ring (bicyclic) bond motifs is 2. The zero-order valence-corrected chi connectivity index (χ0v) is 27.0. The van der Waals surface area contributed by atoms with Gasteiger partial charge in [0.1, 0.15) is 18.2 Å². The Morgan fingerprint density at radius 3 is 2.38 bits per heavy atom. The van der Waals surface area contributed by atoms with Crippen LogP contribution in [0, 0.1) is 16.7 Å². The van der Waals surface area contributed by atoms with Crippen LogP contribution in [0.25, 0.3) is 0 Å². The Kier molecular flexibility index (Phi) is 8.40. The van der Waals surface area contributed by atoms with Crippen LogP contribution in [-0.2, 0) is 15.6 Å². The summed E-state index contributed by atoms with van der Waals surface area (Å²) in [5.74, 6) is 1.13. The molecule has 0 saturated heterocycles. The van der Waals surface area contributed by atoms with Crippen molar-refractivity contribution >= 4 is 34.7 Å². The van der Waals surface area contributed by atoms with E-state index in [1.54, 1.807) is 12.1 Å². The van der Waals surface area contributed by atoms with Gasteiger partial charge in [0.2, 0.25) is 5.69 Å². The van der Waals surface area contributed by atoms with Gasteiger partial charge in [-0.25, -0.2) is 4.79 Å². The van der Waals surface area contributed by atoms with Crippen LogP contribution in [-0.4, -0.2) is 46.1 Å². The van der Waals surface area contributed by atoms with Crippen LogP contribution in [0.3, 0.4) is 0 Å². The van der Waals surface area contributed by atoms with Gasteiger partial charge >= 0.3 is 5.97 Å². The van der Waals surface area contributed by atoms with Gasteiger partial charge in [0, 0.05) is 64.2 Å². The van der Waals surface area contributed by atoms with E-state index in [2.05, 4.69) is 61.2 Å². The van der Waals surface area contributed by atoms with Crippen molar-refractivity contribution < 1.29 is 19.3 Å². The number of aromatic carboxylic acids is 1. The number of para-hydroxylation sites is 1. The van der Waals surface area contributed by atoms with Crippen LogP contribution in [0.15, 0.2) is 82.6 Å². The molecule has 0 radical (unpaired) electrons. The Balaban J connectivity index is 1.71. The fraction of sp³-hybridized carbons (Fsp3) is 0.368. The highest BCUT2D eigenvalue weighted by Crippen LogP contribution is 2.50. The highest BCUT2D eigenvalue weighted by molar-refractivity contribution is 6.27. The van der Waals surface area contributed by atoms with Crippen LogP contribution in [0.1, 0.15) is 88.7 Å². The molecule has 0 amide bonds. The number of anilines is 1. The number of carbonyl (C=O) groups excluding carboxylic acids is 1. The van der Waals surface area contributed by atoms with Crippen molar-refractivity contribution in [1.29, 1.82) is 10.7 Å². The highest BCUT2D eigenvalue weighted by atomic mass is 16.4. The summed E-state index contributed by atoms with van der Waals surface area (Å²) in [7, 11) is 0. The van der Waals surface area contributed by atoms with Crippen LogP contribution < -0.4 is 4.90 Å². The lowest BCUT2D eigenvalue weighted by atomic mass is 9.73. The summed E-state index contributed by atoms with van der Waals surface area (Å²) < 4.78 is 2.29. The molecular weight excluding hydrogens is 560 g/mol. The average molecular weight is 602 g/mol. The smallest absolute Gasteiger partial charge is 0.335 e. The molecule has 0 spiro atoms. The summed E-state index contributed by atoms with van der Waals surface area (Å²) in [6.45, 7) is 14.2. The largest absolute Gasteiger partial charge is 0.478 e. The van der Waals surface area contributed by atoms with Crippen molar-refractivity contribution in [1.82, 2.24) is 0 Å². The Bertz CT molecular complexity index is 1840. The first-order chi connectivity index (χ1) is 21.4. The van der Waals surface area contributed by atoms with Crippen molar-refractivity contribution in [2.75, 3.05) is 18.0 Å². The van der Waals surface area contributed by atoms with E-state index in [9.17, 15) is 20.0 Å². The topological polar surface area (TPSA) is 108 Å². The van der Waals surface area contributed by atoms with Crippen molar-refractivity contribution in [3.63, 3.8) is 0 Å². The number of ketones is 1. The minimum Gasteiger partial charge on any atom is -0.478 e. The second kappa shape index (κ2) is 12.0. The molecular formula is C38H41N4O3+. The van der Waals surface area contributed by atoms with E-state index in [1.165, 1.54) is 5.56 Å². The number of carboxylic acids is 1. The zero-order chi connectivity index (χ0) is 32.7. The second-order valence-electron chi connectivity index (χ2n) is 13.0. The molecule has 0 fully saturated rings. The number of nitrogens with zero attached hydrogens (tertiary/aromatic N) is 3. The predicted octanol–water partition coefficient (Wildman–Crippen LogP) is 7.55. The van der Waals surface area contributed by atoms with E-state index < -0.39 is 11.4 Å². The number of Topliss-reactive ketones (excluding diaryl/α,β-unsaturated/α-hetero) is 1. The molecule has 2 heterocycles. The second-order valence-corrected chi connectivity index (χ2v) is 13.0. The highest BCUT2D eigenvalue weighted by Gasteiger charge is 2.47. The van der Waals surface area contributed by atoms with Gasteiger partial charge in [-0.2, -0.15) is 9.84 Å². The Hall–Kier alpha value is -4.79. The van der Waals surface area contributed by atoms with Gasteiger partial charge in [0.05, 0.1) is 11.0 Å². The summed E-state index contributed by atoms with van der Waals surface area (Å²) in [6.07, 6.45) is 7.67. The molecule has 230 valence electrons. The standard InChI is InChI=1S/C38H40N4O3/c1-7-9-17-41-30-14-12-11-13-28(30)37(3,4)32(41)20-26-34(25(22-39)23-40)27(35(26)43)21-33-38(5,6)29-19-24(36(44)45)15-16-31(29)42(33)18-10-8-2/h11-16,19-21,39H,7-10,17-18H2,1-6H3/p+1. The number of hydrogen-bond donors (Lipinski definition) is 2. The third-order valence-corrected chi connectivity index (χ3v) is 9.49. The fourth-order valence-corrected chi connectivity index (χ4v) is 6.90. The van der Waals surface area contributed by atoms with Crippen molar-refractivity contribution in [2.45, 2.75) is 78.1 Å². The third-order valence-electron chi connectivity index (χ3n) is 9.49. The number of allylic oxidation sites excluding steroid dienone is 7. The van der Waals surface area contributed by atoms with E-state index in [0.29, 0.717) is 23.3 Å². The monoisotopic (exact) mass is 601 g/mol. The third kappa shape index (κ3) is 5.10. The molecule has 7 heteroatoms. The van der Waals surface area contributed by atoms with Crippen molar-refractivity contribution in [2.24, 2.45) is 0 Å². The molecule has 2 aromatic rings. The van der Waals surface area contributed by atoms with E-state index in [-0.39, 0.29) is 22.3 Å². The first-order valence-electron chi connectivity index (χ1n) is 15.8. The normalized spacial score (nSPS) is 19.4. The van der Waals surface area contributed by atoms with Crippen LogP contribution in [0.4, 0.5) is 11.4 Å². The molecule has 7 nitrogen and oxygen atoms in total. The van der Waals surface area contributed by atoms with Gasteiger partial charge in [-0.05, 0) is 56.0 Å². The SMILES string of the molecule is CCCCN1C(=CC2=C(C(=C=N)C#N)C(=CC3=[N+](CCCC)c4ccccc4C3(C)C)C2=O)C(C)(C)c2cc(C(=O)O)ccc21. The van der Waals surface area contributed by atoms with Gasteiger partial charge < -0.3 is 10.0 Å². The first-order valence-corrected chi connectivity index (χ1v) is 15.8. The maximum absolute atomic E-state index is 14.1. The lowest BCUT2D eigenvalue weighted by Gasteiger charge is -2.30. The molecule has 2 N–H and O–H groups in total. The Labute approximate surface area is 265 Å². The van der Waals surface area contributed by atoms with Gasteiger partial charge in [-0.3, -0.25) is 10.2 Å². The van der Waals surface area contributed by atoms with Crippen molar-refractivity contribution in [3.05, 3.63) is 99.3 Å². The number of hydrogen-bond acceptors (Lipinski definition) is 5. The minimum atomic E-state index is -0.989. The van der Waals surface area contributed by atoms with Gasteiger partial charge in [-0.1, -0.05) is 58.7 Å². The Morgan fingerprint density at radius 2 is 1.73 bits per heavy atom. The van der Waals surface area contributed by atoms with E-state index in [1.807, 2.05) is 44.2 Å². The molecule has 0 unspecified atom stereocenters. The number of unbranched alkanes of at least 4 members (excludes halogenated alkanes) is 2. The lowest BCUT2D eigenvalue weighted by Crippen LogP contribution is -2.32. The first kappa shape index (κ1) is 31.6. The minimum absolute atomic E-state index is 0.0170. The molecule has 0 aromatic heterocycles. The maximum Gasteiger partial charge on any atom is 0.335 e. The number of carbonyl (C=O) groups is 2. The maximum atomic E-state index is 14.1. The fourth-order valence-electron chi connectivity index (χ4n) is 6.90. The van der Waals surface area contributed by atoms with Gasteiger partial charge in [-0.15, -0.1) is 0 Å². The molecule has 5 rings (SSSR count). The number of rotatable bonds is 10. The average Bonchev–Trinajstić information content (AvgIpc) is 3.37. The summed E-state index contributed by atoms with van der Waals surface area (Å²) in [4.78, 5) is 28.1. The molecule has 3 aliphatic rings. The molecule has 0 saturated carbocycles. The lowest BCUT2D eigenvalue weighted by molar-refractivity contribution is -0.438. The van der Waals surface area contributed by atoms with Crippen LogP contribution in [0.5, 0.6) is 0 Å². The van der Waals surface area contributed by atoms with Gasteiger partial charge in [0.15, 0.2) is 11.5 Å². The molecule has 45 heavy (non-hydrogen) atoms. The van der Waals surface area contributed by atoms with E-state index in [0.717, 1.165) is 60.6 Å². The van der Waals surface area contributed by atoms with Crippen LogP contribution in [0.2, 0.25) is 0 Å². The number of carboxylic acid groups (broad SMARTS) is 1. The quantitative estimate of drug-likeness (QED) is 0.127. The molecule has 2 aromatic carbocycles. The van der Waals surface area contributed by atoms with Crippen molar-refractivity contribution in [3.8, 4) is 6.07 Å². The number of nitriles is 1. The predicted molar refractivity (Wildman–Crippen MR) is 178 cm³/mol. The zero-order valence-electron chi connectivity index (χ0n) is 27.0. The van der Waals surface area contributed by atoms with E-state index >= 15 is 0 Å². The molecule has 0 atom stereocenters. The summed E-state index contributed by atoms with van der Waals surface area (Å²) in [5.41, 5.74) is 6.46. The van der Waals surface area contributed by atoms with E-state index in [4.69, 9.17) is 5.41 Å². The number of nitrogens with one attached hydrogen (secondary N) is 1.